The molecule has 4 heteroatoms. The summed E-state index contributed by atoms with van der Waals surface area (Å²) in [6, 6.07) is 7.43. The maximum absolute atomic E-state index is 12.3. The molecule has 128 valence electrons. The summed E-state index contributed by atoms with van der Waals surface area (Å²) in [5, 5.41) is 5.92. The topological polar surface area (TPSA) is 58.2 Å². The molecule has 1 saturated carbocycles. The summed E-state index contributed by atoms with van der Waals surface area (Å²) < 4.78 is 0. The number of benzene rings is 1. The van der Waals surface area contributed by atoms with Gasteiger partial charge in [0, 0.05) is 12.8 Å². The van der Waals surface area contributed by atoms with Gasteiger partial charge in [-0.25, -0.2) is 0 Å². The fourth-order valence-electron chi connectivity index (χ4n) is 3.68. The Kier molecular flexibility index (Phi) is 5.68. The summed E-state index contributed by atoms with van der Waals surface area (Å²) in [5.41, 5.74) is 1.38. The summed E-state index contributed by atoms with van der Waals surface area (Å²) in [5.74, 6) is 0.904. The average molecular weight is 326 g/mol. The van der Waals surface area contributed by atoms with E-state index >= 15 is 0 Å². The van der Waals surface area contributed by atoms with Crippen molar-refractivity contribution in [2.75, 3.05) is 10.6 Å². The van der Waals surface area contributed by atoms with Crippen LogP contribution in [-0.4, -0.2) is 11.8 Å². The Morgan fingerprint density at radius 1 is 0.917 bits per heavy atom. The lowest BCUT2D eigenvalue weighted by molar-refractivity contribution is -0.117. The lowest BCUT2D eigenvalue weighted by Crippen LogP contribution is -2.19. The van der Waals surface area contributed by atoms with Crippen LogP contribution in [0, 0.1) is 11.8 Å². The van der Waals surface area contributed by atoms with Crippen LogP contribution in [-0.2, 0) is 9.59 Å². The zero-order chi connectivity index (χ0) is 16.8. The number of anilines is 2. The number of amides is 2. The van der Waals surface area contributed by atoms with Crippen molar-refractivity contribution in [3.8, 4) is 0 Å². The summed E-state index contributed by atoms with van der Waals surface area (Å²) in [6.45, 7) is 0. The van der Waals surface area contributed by atoms with E-state index in [1.807, 2.05) is 24.3 Å². The number of carbonyl (C=O) groups is 2. The second kappa shape index (κ2) is 8.13. The maximum atomic E-state index is 12.3. The minimum atomic E-state index is 0.00374. The smallest absolute Gasteiger partial charge is 0.225 e. The molecule has 2 aliphatic carbocycles. The molecular formula is C20H26N2O2. The van der Waals surface area contributed by atoms with Gasteiger partial charge in [-0.2, -0.15) is 0 Å². The van der Waals surface area contributed by atoms with E-state index in [1.54, 1.807) is 0 Å². The molecule has 0 radical (unpaired) electrons. The molecule has 0 aliphatic heterocycles. The van der Waals surface area contributed by atoms with Crippen LogP contribution < -0.4 is 10.6 Å². The van der Waals surface area contributed by atoms with Gasteiger partial charge < -0.3 is 10.6 Å². The Balaban J connectivity index is 1.56. The highest BCUT2D eigenvalue weighted by molar-refractivity contribution is 5.99. The van der Waals surface area contributed by atoms with Crippen LogP contribution in [0.1, 0.15) is 51.4 Å². The number of para-hydroxylation sites is 2. The Bertz CT molecular complexity index is 618. The first-order valence-electron chi connectivity index (χ1n) is 9.06. The van der Waals surface area contributed by atoms with E-state index in [-0.39, 0.29) is 11.8 Å². The first-order chi connectivity index (χ1) is 11.7. The van der Waals surface area contributed by atoms with Gasteiger partial charge in [0.05, 0.1) is 11.4 Å². The molecule has 0 spiro atoms. The molecule has 2 N–H and O–H groups in total. The third kappa shape index (κ3) is 4.70. The van der Waals surface area contributed by atoms with Gasteiger partial charge in [-0.1, -0.05) is 37.1 Å². The monoisotopic (exact) mass is 326 g/mol. The fourth-order valence-corrected chi connectivity index (χ4v) is 3.68. The standard InChI is InChI=1S/C20H26N2O2/c23-19(13-15-7-1-2-8-15)21-17-11-5-6-12-18(17)22-20(24)14-16-9-3-4-10-16/h1,5-7,11-12,15-16H,2-4,8-10,13-14H2,(H,21,23)(H,22,24). The minimum absolute atomic E-state index is 0.00374. The van der Waals surface area contributed by atoms with E-state index in [1.165, 1.54) is 12.8 Å². The number of hydrogen-bond acceptors (Lipinski definition) is 2. The molecule has 2 aliphatic rings. The van der Waals surface area contributed by atoms with Crippen molar-refractivity contribution in [2.45, 2.75) is 51.4 Å². The molecule has 24 heavy (non-hydrogen) atoms. The minimum Gasteiger partial charge on any atom is -0.324 e. The number of rotatable bonds is 6. The second-order valence-corrected chi connectivity index (χ2v) is 6.97. The van der Waals surface area contributed by atoms with E-state index in [9.17, 15) is 9.59 Å². The van der Waals surface area contributed by atoms with Crippen molar-refractivity contribution in [2.24, 2.45) is 11.8 Å². The van der Waals surface area contributed by atoms with Crippen LogP contribution in [0.2, 0.25) is 0 Å². The zero-order valence-electron chi connectivity index (χ0n) is 14.1. The van der Waals surface area contributed by atoms with Crippen molar-refractivity contribution in [3.05, 3.63) is 36.4 Å². The summed E-state index contributed by atoms with van der Waals surface area (Å²) in [6.07, 6.45) is 12.2. The molecule has 1 atom stereocenters. The van der Waals surface area contributed by atoms with Gasteiger partial charge in [0.1, 0.15) is 0 Å². The fraction of sp³-hybridized carbons (Fsp3) is 0.500. The van der Waals surface area contributed by atoms with E-state index in [4.69, 9.17) is 0 Å². The molecule has 0 aromatic heterocycles. The van der Waals surface area contributed by atoms with Gasteiger partial charge >= 0.3 is 0 Å². The van der Waals surface area contributed by atoms with Crippen LogP contribution in [0.4, 0.5) is 11.4 Å². The molecule has 0 heterocycles. The number of hydrogen-bond donors (Lipinski definition) is 2. The molecule has 1 aromatic rings. The van der Waals surface area contributed by atoms with E-state index in [2.05, 4.69) is 22.8 Å². The first-order valence-corrected chi connectivity index (χ1v) is 9.06. The van der Waals surface area contributed by atoms with Gasteiger partial charge in [-0.05, 0) is 49.7 Å². The molecule has 1 fully saturated rings. The van der Waals surface area contributed by atoms with E-state index in [0.29, 0.717) is 36.1 Å². The molecule has 2 amide bonds. The maximum Gasteiger partial charge on any atom is 0.225 e. The van der Waals surface area contributed by atoms with Crippen LogP contribution >= 0.6 is 0 Å². The molecule has 4 nitrogen and oxygen atoms in total. The van der Waals surface area contributed by atoms with Gasteiger partial charge in [0.15, 0.2) is 0 Å². The molecular weight excluding hydrogens is 300 g/mol. The largest absolute Gasteiger partial charge is 0.324 e. The van der Waals surface area contributed by atoms with Crippen molar-refractivity contribution < 1.29 is 9.59 Å². The molecule has 1 aromatic carbocycles. The third-order valence-corrected chi connectivity index (χ3v) is 4.98. The quantitative estimate of drug-likeness (QED) is 0.756. The van der Waals surface area contributed by atoms with Gasteiger partial charge in [-0.15, -0.1) is 0 Å². The molecule has 1 unspecified atom stereocenters. The summed E-state index contributed by atoms with van der Waals surface area (Å²) in [4.78, 5) is 24.5. The lowest BCUT2D eigenvalue weighted by atomic mass is 10.0. The predicted molar refractivity (Wildman–Crippen MR) is 96.8 cm³/mol. The van der Waals surface area contributed by atoms with Crippen LogP contribution in [0.15, 0.2) is 36.4 Å². The summed E-state index contributed by atoms with van der Waals surface area (Å²) in [7, 11) is 0. The normalized spacial score (nSPS) is 20.2. The summed E-state index contributed by atoms with van der Waals surface area (Å²) >= 11 is 0. The average Bonchev–Trinajstić information content (AvgIpc) is 3.23. The van der Waals surface area contributed by atoms with Gasteiger partial charge in [0.2, 0.25) is 11.8 Å². The second-order valence-electron chi connectivity index (χ2n) is 6.97. The third-order valence-electron chi connectivity index (χ3n) is 4.98. The van der Waals surface area contributed by atoms with Gasteiger partial charge in [-0.3, -0.25) is 9.59 Å². The molecule has 3 rings (SSSR count). The SMILES string of the molecule is O=C(CC1C=CCC1)Nc1ccccc1NC(=O)CC1CCCC1. The van der Waals surface area contributed by atoms with Crippen molar-refractivity contribution in [3.63, 3.8) is 0 Å². The van der Waals surface area contributed by atoms with E-state index < -0.39 is 0 Å². The van der Waals surface area contributed by atoms with Crippen LogP contribution in [0.3, 0.4) is 0 Å². The zero-order valence-corrected chi connectivity index (χ0v) is 14.1. The Labute approximate surface area is 143 Å². The Hall–Kier alpha value is -2.10. The van der Waals surface area contributed by atoms with Gasteiger partial charge in [0.25, 0.3) is 0 Å². The first kappa shape index (κ1) is 16.7. The highest BCUT2D eigenvalue weighted by atomic mass is 16.2. The molecule has 0 bridgehead atoms. The number of carbonyl (C=O) groups excluding carboxylic acids is 2. The van der Waals surface area contributed by atoms with Crippen molar-refractivity contribution in [1.29, 1.82) is 0 Å². The highest BCUT2D eigenvalue weighted by Crippen LogP contribution is 2.29. The number of allylic oxidation sites excluding steroid dienone is 2. The predicted octanol–water partition coefficient (Wildman–Crippen LogP) is 4.50. The Morgan fingerprint density at radius 2 is 1.54 bits per heavy atom. The highest BCUT2D eigenvalue weighted by Gasteiger charge is 2.19. The van der Waals surface area contributed by atoms with Crippen molar-refractivity contribution >= 4 is 23.2 Å². The molecule has 0 saturated heterocycles. The number of nitrogens with one attached hydrogen (secondary N) is 2. The van der Waals surface area contributed by atoms with E-state index in [0.717, 1.165) is 25.7 Å². The van der Waals surface area contributed by atoms with Crippen LogP contribution in [0.5, 0.6) is 0 Å². The lowest BCUT2D eigenvalue weighted by Gasteiger charge is -2.14. The van der Waals surface area contributed by atoms with Crippen molar-refractivity contribution in [1.82, 2.24) is 0 Å². The van der Waals surface area contributed by atoms with Crippen LogP contribution in [0.25, 0.3) is 0 Å². The Morgan fingerprint density at radius 3 is 2.12 bits per heavy atom.